The second kappa shape index (κ2) is 5.67. The quantitative estimate of drug-likeness (QED) is 0.892. The molecule has 1 aromatic rings. The molecule has 1 aromatic carbocycles. The third kappa shape index (κ3) is 3.00. The molecule has 4 heteroatoms. The zero-order chi connectivity index (χ0) is 13.0. The topological polar surface area (TPSA) is 38.5 Å². The van der Waals surface area contributed by atoms with Crippen molar-refractivity contribution in [1.82, 2.24) is 0 Å². The first-order chi connectivity index (χ1) is 8.64. The number of halogens is 1. The Hall–Kier alpha value is -1.13. The maximum Gasteiger partial charge on any atom is 0.146 e. The molecule has 1 fully saturated rings. The minimum absolute atomic E-state index is 0.185. The Labute approximate surface area is 108 Å². The first-order valence-corrected chi connectivity index (χ1v) is 6.51. The summed E-state index contributed by atoms with van der Waals surface area (Å²) in [5, 5.41) is 0. The lowest BCUT2D eigenvalue weighted by atomic mass is 9.90. The van der Waals surface area contributed by atoms with Crippen molar-refractivity contribution in [2.75, 3.05) is 31.2 Å². The van der Waals surface area contributed by atoms with Crippen molar-refractivity contribution >= 4 is 5.69 Å². The average Bonchev–Trinajstić information content (AvgIpc) is 2.38. The van der Waals surface area contributed by atoms with Crippen molar-refractivity contribution in [2.24, 2.45) is 5.73 Å². The summed E-state index contributed by atoms with van der Waals surface area (Å²) in [5.74, 6) is -0.185. The molecule has 1 aliphatic rings. The summed E-state index contributed by atoms with van der Waals surface area (Å²) < 4.78 is 19.1. The summed E-state index contributed by atoms with van der Waals surface area (Å²) in [6.45, 7) is 4.85. The summed E-state index contributed by atoms with van der Waals surface area (Å²) in [7, 11) is 0. The van der Waals surface area contributed by atoms with E-state index in [0.717, 1.165) is 19.4 Å². The van der Waals surface area contributed by atoms with Crippen molar-refractivity contribution in [1.29, 1.82) is 0 Å². The Balaban J connectivity index is 2.12. The van der Waals surface area contributed by atoms with Gasteiger partial charge in [-0.1, -0.05) is 12.1 Å². The van der Waals surface area contributed by atoms with E-state index in [2.05, 4.69) is 0 Å². The van der Waals surface area contributed by atoms with E-state index < -0.39 is 0 Å². The van der Waals surface area contributed by atoms with Gasteiger partial charge in [-0.3, -0.25) is 0 Å². The number of benzene rings is 1. The Morgan fingerprint density at radius 3 is 2.61 bits per heavy atom. The van der Waals surface area contributed by atoms with Crippen molar-refractivity contribution in [3.05, 3.63) is 30.1 Å². The summed E-state index contributed by atoms with van der Waals surface area (Å²) in [5.41, 5.74) is 6.75. The van der Waals surface area contributed by atoms with Crippen LogP contribution in [0.1, 0.15) is 19.8 Å². The molecule has 0 unspecified atom stereocenters. The van der Waals surface area contributed by atoms with E-state index in [-0.39, 0.29) is 11.4 Å². The van der Waals surface area contributed by atoms with Crippen LogP contribution in [0.2, 0.25) is 0 Å². The molecule has 1 saturated heterocycles. The van der Waals surface area contributed by atoms with E-state index in [9.17, 15) is 4.39 Å². The van der Waals surface area contributed by atoms with Gasteiger partial charge >= 0.3 is 0 Å². The van der Waals surface area contributed by atoms with Gasteiger partial charge in [-0.2, -0.15) is 0 Å². The van der Waals surface area contributed by atoms with E-state index in [1.807, 2.05) is 24.0 Å². The zero-order valence-electron chi connectivity index (χ0n) is 10.9. The third-order valence-corrected chi connectivity index (χ3v) is 3.57. The van der Waals surface area contributed by atoms with Gasteiger partial charge in [0.15, 0.2) is 0 Å². The molecule has 2 rings (SSSR count). The molecule has 0 radical (unpaired) electrons. The van der Waals surface area contributed by atoms with Crippen LogP contribution in [-0.2, 0) is 4.74 Å². The second-order valence-electron chi connectivity index (χ2n) is 4.94. The molecule has 0 bridgehead atoms. The van der Waals surface area contributed by atoms with Crippen molar-refractivity contribution in [2.45, 2.75) is 25.3 Å². The Bertz CT molecular complexity index is 391. The van der Waals surface area contributed by atoms with Gasteiger partial charge in [-0.25, -0.2) is 4.39 Å². The Morgan fingerprint density at radius 2 is 2.00 bits per heavy atom. The van der Waals surface area contributed by atoms with E-state index in [1.165, 1.54) is 6.07 Å². The highest BCUT2D eigenvalue weighted by Gasteiger charge is 2.30. The maximum atomic E-state index is 13.8. The minimum Gasteiger partial charge on any atom is -0.381 e. The van der Waals surface area contributed by atoms with Gasteiger partial charge in [0.1, 0.15) is 5.82 Å². The smallest absolute Gasteiger partial charge is 0.146 e. The van der Waals surface area contributed by atoms with Gasteiger partial charge < -0.3 is 15.4 Å². The van der Waals surface area contributed by atoms with Crippen molar-refractivity contribution in [3.8, 4) is 0 Å². The normalized spacial score (nSPS) is 18.6. The van der Waals surface area contributed by atoms with Crippen LogP contribution in [0.3, 0.4) is 0 Å². The molecular formula is C14H21FN2O. The highest BCUT2D eigenvalue weighted by molar-refractivity contribution is 5.48. The van der Waals surface area contributed by atoms with Crippen molar-refractivity contribution < 1.29 is 9.13 Å². The summed E-state index contributed by atoms with van der Waals surface area (Å²) in [6, 6.07) is 6.86. The number of para-hydroxylation sites is 1. The maximum absolute atomic E-state index is 13.8. The van der Waals surface area contributed by atoms with Gasteiger partial charge in [-0.15, -0.1) is 0 Å². The second-order valence-corrected chi connectivity index (χ2v) is 4.94. The lowest BCUT2D eigenvalue weighted by molar-refractivity contribution is 0.0555. The fourth-order valence-corrected chi connectivity index (χ4v) is 2.39. The fourth-order valence-electron chi connectivity index (χ4n) is 2.39. The van der Waals surface area contributed by atoms with Crippen LogP contribution >= 0.6 is 0 Å². The highest BCUT2D eigenvalue weighted by Crippen LogP contribution is 2.24. The number of likely N-dealkylation sites (N-methyl/N-ethyl adjacent to an activating group) is 1. The largest absolute Gasteiger partial charge is 0.381 e. The molecule has 0 spiro atoms. The lowest BCUT2D eigenvalue weighted by Crippen LogP contribution is -2.53. The van der Waals surface area contributed by atoms with Crippen LogP contribution in [0.5, 0.6) is 0 Å². The number of ether oxygens (including phenoxy) is 1. The number of rotatable bonds is 4. The van der Waals surface area contributed by atoms with Gasteiger partial charge in [-0.05, 0) is 31.9 Å². The van der Waals surface area contributed by atoms with Gasteiger partial charge in [0.2, 0.25) is 0 Å². The van der Waals surface area contributed by atoms with Crippen molar-refractivity contribution in [3.63, 3.8) is 0 Å². The molecule has 0 aromatic heterocycles. The zero-order valence-corrected chi connectivity index (χ0v) is 10.9. The van der Waals surface area contributed by atoms with Crippen LogP contribution in [0.25, 0.3) is 0 Å². The van der Waals surface area contributed by atoms with Crippen LogP contribution in [0, 0.1) is 5.82 Å². The summed E-state index contributed by atoms with van der Waals surface area (Å²) in [4.78, 5) is 2.01. The van der Waals surface area contributed by atoms with E-state index in [0.29, 0.717) is 25.4 Å². The first kappa shape index (κ1) is 13.3. The van der Waals surface area contributed by atoms with Crippen LogP contribution in [0.15, 0.2) is 24.3 Å². The van der Waals surface area contributed by atoms with Gasteiger partial charge in [0.05, 0.1) is 5.69 Å². The fraction of sp³-hybridized carbons (Fsp3) is 0.571. The summed E-state index contributed by atoms with van der Waals surface area (Å²) in [6.07, 6.45) is 1.66. The molecule has 0 amide bonds. The van der Waals surface area contributed by atoms with Gasteiger partial charge in [0.25, 0.3) is 0 Å². The van der Waals surface area contributed by atoms with Crippen LogP contribution in [-0.4, -0.2) is 31.8 Å². The molecule has 2 N–H and O–H groups in total. The number of anilines is 1. The monoisotopic (exact) mass is 252 g/mol. The number of hydrogen-bond acceptors (Lipinski definition) is 3. The Morgan fingerprint density at radius 1 is 1.33 bits per heavy atom. The third-order valence-electron chi connectivity index (χ3n) is 3.57. The van der Waals surface area contributed by atoms with Gasteiger partial charge in [0, 0.05) is 31.8 Å². The van der Waals surface area contributed by atoms with E-state index >= 15 is 0 Å². The molecular weight excluding hydrogens is 231 g/mol. The molecule has 1 heterocycles. The number of nitrogens with two attached hydrogens (primary N) is 1. The predicted octanol–water partition coefficient (Wildman–Crippen LogP) is 2.16. The van der Waals surface area contributed by atoms with Crippen LogP contribution in [0.4, 0.5) is 10.1 Å². The molecule has 1 aliphatic heterocycles. The molecule has 0 atom stereocenters. The summed E-state index contributed by atoms with van der Waals surface area (Å²) >= 11 is 0. The average molecular weight is 252 g/mol. The SMILES string of the molecule is CCN(CC1(N)CCOCC1)c1ccccc1F. The number of nitrogens with zero attached hydrogens (tertiary/aromatic N) is 1. The highest BCUT2D eigenvalue weighted by atomic mass is 19.1. The lowest BCUT2D eigenvalue weighted by Gasteiger charge is -2.38. The first-order valence-electron chi connectivity index (χ1n) is 6.51. The Kier molecular flexibility index (Phi) is 4.19. The van der Waals surface area contributed by atoms with E-state index in [4.69, 9.17) is 10.5 Å². The molecule has 18 heavy (non-hydrogen) atoms. The molecule has 100 valence electrons. The minimum atomic E-state index is -0.267. The van der Waals surface area contributed by atoms with E-state index in [1.54, 1.807) is 6.07 Å². The molecule has 0 aliphatic carbocycles. The molecule has 0 saturated carbocycles. The number of hydrogen-bond donors (Lipinski definition) is 1. The standard InChI is InChI=1S/C14H21FN2O/c1-2-17(13-6-4-3-5-12(13)15)11-14(16)7-9-18-10-8-14/h3-6H,2,7-11,16H2,1H3. The molecule has 3 nitrogen and oxygen atoms in total. The predicted molar refractivity (Wildman–Crippen MR) is 71.3 cm³/mol. The van der Waals surface area contributed by atoms with Crippen LogP contribution < -0.4 is 10.6 Å².